The maximum Gasteiger partial charge on any atom is 0.387 e. The molecule has 1 heterocycles. The quantitative estimate of drug-likeness (QED) is 0.760. The number of hydrogen-bond donors (Lipinski definition) is 0. The van der Waals surface area contributed by atoms with Crippen LogP contribution >= 0.6 is 0 Å². The second kappa shape index (κ2) is 8.24. The van der Waals surface area contributed by atoms with Gasteiger partial charge in [0.05, 0.1) is 4.90 Å². The number of rotatable bonds is 5. The number of nitrogens with zero attached hydrogens (tertiary/aromatic N) is 2. The summed E-state index contributed by atoms with van der Waals surface area (Å²) in [7, 11) is -3.60. The maximum atomic E-state index is 12.7. The number of alkyl halides is 2. The standard InChI is InChI=1S/C19H20F2N2O4S/c1-14-2-8-17(9-3-14)28(25,26)23-12-10-22(11-13-23)18(24)15-4-6-16(7-5-15)27-19(20)21/h2-9,19H,10-13H2,1H3. The summed E-state index contributed by atoms with van der Waals surface area (Å²) in [5.41, 5.74) is 1.30. The first-order chi connectivity index (χ1) is 13.3. The van der Waals surface area contributed by atoms with Gasteiger partial charge in [-0.15, -0.1) is 0 Å². The van der Waals surface area contributed by atoms with E-state index < -0.39 is 16.6 Å². The summed E-state index contributed by atoms with van der Waals surface area (Å²) in [5.74, 6) is -0.309. The lowest BCUT2D eigenvalue weighted by Gasteiger charge is -2.34. The van der Waals surface area contributed by atoms with Gasteiger partial charge in [0, 0.05) is 31.7 Å². The van der Waals surface area contributed by atoms with Gasteiger partial charge in [-0.25, -0.2) is 8.42 Å². The zero-order chi connectivity index (χ0) is 20.3. The van der Waals surface area contributed by atoms with Crippen LogP contribution in [0.3, 0.4) is 0 Å². The van der Waals surface area contributed by atoms with Gasteiger partial charge in [0.15, 0.2) is 0 Å². The highest BCUT2D eigenvalue weighted by Crippen LogP contribution is 2.20. The summed E-state index contributed by atoms with van der Waals surface area (Å²) in [6, 6.07) is 12.1. The van der Waals surface area contributed by atoms with Gasteiger partial charge in [0.25, 0.3) is 5.91 Å². The molecular weight excluding hydrogens is 390 g/mol. The van der Waals surface area contributed by atoms with E-state index >= 15 is 0 Å². The molecule has 3 rings (SSSR count). The van der Waals surface area contributed by atoms with E-state index in [0.29, 0.717) is 5.56 Å². The molecule has 0 atom stereocenters. The first kappa shape index (κ1) is 20.2. The Morgan fingerprint density at radius 2 is 1.54 bits per heavy atom. The Labute approximate surface area is 162 Å². The van der Waals surface area contributed by atoms with Gasteiger partial charge in [-0.1, -0.05) is 17.7 Å². The number of halogens is 2. The van der Waals surface area contributed by atoms with Crippen LogP contribution in [-0.2, 0) is 10.0 Å². The molecule has 0 bridgehead atoms. The fourth-order valence-electron chi connectivity index (χ4n) is 2.95. The van der Waals surface area contributed by atoms with Crippen LogP contribution in [0.4, 0.5) is 8.78 Å². The van der Waals surface area contributed by atoms with Gasteiger partial charge in [-0.05, 0) is 43.3 Å². The third-order valence-corrected chi connectivity index (χ3v) is 6.42. The maximum absolute atomic E-state index is 12.7. The van der Waals surface area contributed by atoms with E-state index in [1.165, 1.54) is 28.6 Å². The average Bonchev–Trinajstić information content (AvgIpc) is 2.68. The lowest BCUT2D eigenvalue weighted by Crippen LogP contribution is -2.50. The molecule has 0 N–H and O–H groups in total. The molecule has 9 heteroatoms. The Hall–Kier alpha value is -2.52. The van der Waals surface area contributed by atoms with Crippen molar-refractivity contribution < 1.29 is 26.7 Å². The van der Waals surface area contributed by atoms with Crippen molar-refractivity contribution in [3.63, 3.8) is 0 Å². The van der Waals surface area contributed by atoms with E-state index in [9.17, 15) is 22.0 Å². The average molecular weight is 410 g/mol. The molecule has 0 spiro atoms. The van der Waals surface area contributed by atoms with Gasteiger partial charge in [-0.2, -0.15) is 13.1 Å². The number of aryl methyl sites for hydroxylation is 1. The molecule has 1 saturated heterocycles. The number of carbonyl (C=O) groups excluding carboxylic acids is 1. The minimum absolute atomic E-state index is 0.0273. The molecule has 0 aromatic heterocycles. The van der Waals surface area contributed by atoms with E-state index in [0.717, 1.165) is 5.56 Å². The molecule has 1 amide bonds. The number of ether oxygens (including phenoxy) is 1. The molecule has 0 unspecified atom stereocenters. The molecule has 150 valence electrons. The highest BCUT2D eigenvalue weighted by molar-refractivity contribution is 7.89. The van der Waals surface area contributed by atoms with E-state index in [1.807, 2.05) is 6.92 Å². The summed E-state index contributed by atoms with van der Waals surface area (Å²) < 4.78 is 55.5. The molecular formula is C19H20F2N2O4S. The summed E-state index contributed by atoms with van der Waals surface area (Å²) in [6.45, 7) is -0.167. The minimum Gasteiger partial charge on any atom is -0.435 e. The Bertz CT molecular complexity index is 923. The van der Waals surface area contributed by atoms with Crippen molar-refractivity contribution in [3.05, 3.63) is 59.7 Å². The SMILES string of the molecule is Cc1ccc(S(=O)(=O)N2CCN(C(=O)c3ccc(OC(F)F)cc3)CC2)cc1. The van der Waals surface area contributed by atoms with Crippen molar-refractivity contribution in [3.8, 4) is 5.75 Å². The zero-order valence-corrected chi connectivity index (χ0v) is 16.0. The first-order valence-electron chi connectivity index (χ1n) is 8.68. The van der Waals surface area contributed by atoms with Crippen molar-refractivity contribution >= 4 is 15.9 Å². The highest BCUT2D eigenvalue weighted by atomic mass is 32.2. The summed E-state index contributed by atoms with van der Waals surface area (Å²) in [5, 5.41) is 0. The summed E-state index contributed by atoms with van der Waals surface area (Å²) in [4.78, 5) is 14.3. The van der Waals surface area contributed by atoms with Crippen molar-refractivity contribution in [2.75, 3.05) is 26.2 Å². The smallest absolute Gasteiger partial charge is 0.387 e. The van der Waals surface area contributed by atoms with Crippen LogP contribution in [0.1, 0.15) is 15.9 Å². The van der Waals surface area contributed by atoms with Gasteiger partial charge < -0.3 is 9.64 Å². The first-order valence-corrected chi connectivity index (χ1v) is 10.1. The molecule has 2 aromatic rings. The third kappa shape index (κ3) is 4.48. The second-order valence-electron chi connectivity index (χ2n) is 6.41. The van der Waals surface area contributed by atoms with Gasteiger partial charge >= 0.3 is 6.61 Å². The molecule has 6 nitrogen and oxygen atoms in total. The zero-order valence-electron chi connectivity index (χ0n) is 15.2. The Balaban J connectivity index is 1.63. The van der Waals surface area contributed by atoms with E-state index in [1.54, 1.807) is 29.2 Å². The van der Waals surface area contributed by atoms with Crippen molar-refractivity contribution in [2.45, 2.75) is 18.4 Å². The predicted molar refractivity (Wildman–Crippen MR) is 98.9 cm³/mol. The van der Waals surface area contributed by atoms with Crippen LogP contribution in [0, 0.1) is 6.92 Å². The Kier molecular flexibility index (Phi) is 5.95. The van der Waals surface area contributed by atoms with Crippen LogP contribution < -0.4 is 4.74 Å². The third-order valence-electron chi connectivity index (χ3n) is 4.51. The van der Waals surface area contributed by atoms with Crippen LogP contribution in [0.15, 0.2) is 53.4 Å². The van der Waals surface area contributed by atoms with Gasteiger partial charge in [0.1, 0.15) is 5.75 Å². The molecule has 0 radical (unpaired) electrons. The molecule has 0 aliphatic carbocycles. The number of carbonyl (C=O) groups is 1. The van der Waals surface area contributed by atoms with Crippen molar-refractivity contribution in [2.24, 2.45) is 0 Å². The van der Waals surface area contributed by atoms with Crippen LogP contribution in [0.2, 0.25) is 0 Å². The lowest BCUT2D eigenvalue weighted by molar-refractivity contribution is -0.0498. The largest absolute Gasteiger partial charge is 0.435 e. The Morgan fingerprint density at radius 1 is 0.964 bits per heavy atom. The fourth-order valence-corrected chi connectivity index (χ4v) is 4.37. The van der Waals surface area contributed by atoms with Crippen LogP contribution in [0.5, 0.6) is 5.75 Å². The second-order valence-corrected chi connectivity index (χ2v) is 8.35. The number of hydrogen-bond acceptors (Lipinski definition) is 4. The van der Waals surface area contributed by atoms with Crippen LogP contribution in [-0.4, -0.2) is 56.3 Å². The number of amides is 1. The predicted octanol–water partition coefficient (Wildman–Crippen LogP) is 2.74. The molecule has 2 aromatic carbocycles. The normalized spacial score (nSPS) is 15.6. The summed E-state index contributed by atoms with van der Waals surface area (Å²) in [6.07, 6.45) is 0. The molecule has 0 saturated carbocycles. The number of benzene rings is 2. The van der Waals surface area contributed by atoms with Crippen molar-refractivity contribution in [1.29, 1.82) is 0 Å². The fraction of sp³-hybridized carbons (Fsp3) is 0.316. The van der Waals surface area contributed by atoms with Gasteiger partial charge in [-0.3, -0.25) is 4.79 Å². The molecule has 1 aliphatic rings. The molecule has 1 fully saturated rings. The van der Waals surface area contributed by atoms with E-state index in [-0.39, 0.29) is 42.7 Å². The van der Waals surface area contributed by atoms with Gasteiger partial charge in [0.2, 0.25) is 10.0 Å². The van der Waals surface area contributed by atoms with E-state index in [4.69, 9.17) is 0 Å². The van der Waals surface area contributed by atoms with Crippen LogP contribution in [0.25, 0.3) is 0 Å². The topological polar surface area (TPSA) is 66.9 Å². The Morgan fingerprint density at radius 3 is 2.07 bits per heavy atom. The summed E-state index contributed by atoms with van der Waals surface area (Å²) >= 11 is 0. The lowest BCUT2D eigenvalue weighted by atomic mass is 10.2. The highest BCUT2D eigenvalue weighted by Gasteiger charge is 2.30. The number of piperazine rings is 1. The monoisotopic (exact) mass is 410 g/mol. The van der Waals surface area contributed by atoms with E-state index in [2.05, 4.69) is 4.74 Å². The van der Waals surface area contributed by atoms with Crippen molar-refractivity contribution in [1.82, 2.24) is 9.21 Å². The molecule has 28 heavy (non-hydrogen) atoms. The molecule has 1 aliphatic heterocycles. The number of sulfonamides is 1. The minimum atomic E-state index is -3.60.